The number of Topliss-reactive ketones (excluding diaryl/α,β-unsaturated/α-hetero) is 1. The fraction of sp³-hybridized carbons (Fsp3) is 0.167. The van der Waals surface area contributed by atoms with Crippen LogP contribution in [0.4, 0.5) is 0 Å². The van der Waals surface area contributed by atoms with Crippen molar-refractivity contribution in [3.8, 4) is 0 Å². The minimum Gasteiger partial charge on any atom is -0.292 e. The van der Waals surface area contributed by atoms with Gasteiger partial charge in [-0.15, -0.1) is 0 Å². The first-order valence-electron chi connectivity index (χ1n) is 7.21. The van der Waals surface area contributed by atoms with Crippen LogP contribution in [0.25, 0.3) is 0 Å². The van der Waals surface area contributed by atoms with Gasteiger partial charge in [-0.1, -0.05) is 43.3 Å². The Bertz CT molecular complexity index is 805. The van der Waals surface area contributed by atoms with Crippen LogP contribution in [0.15, 0.2) is 48.5 Å². The molecule has 0 saturated carbocycles. The number of carbonyl (C=O) groups excluding carboxylic acids is 3. The van der Waals surface area contributed by atoms with E-state index in [9.17, 15) is 14.4 Å². The van der Waals surface area contributed by atoms with Gasteiger partial charge in [-0.2, -0.15) is 0 Å². The van der Waals surface area contributed by atoms with Crippen molar-refractivity contribution in [2.24, 2.45) is 0 Å². The molecule has 0 N–H and O–H groups in total. The molecule has 108 valence electrons. The van der Waals surface area contributed by atoms with Crippen LogP contribution in [0, 0.1) is 0 Å². The molecule has 0 aromatic heterocycles. The molecule has 4 nitrogen and oxygen atoms in total. The molecule has 2 aromatic carbocycles. The standard InChI is InChI=1S/C18H13NO3/c1-10-11-6-2-3-7-12(11)16(20)15(10)19-17(21)13-8-4-5-9-14(13)18(19)22/h2-10,15H,1H3/t10-,15+/m1/s1. The van der Waals surface area contributed by atoms with Gasteiger partial charge in [0.25, 0.3) is 11.8 Å². The van der Waals surface area contributed by atoms with E-state index in [0.29, 0.717) is 16.7 Å². The number of carbonyl (C=O) groups is 3. The van der Waals surface area contributed by atoms with Gasteiger partial charge < -0.3 is 0 Å². The summed E-state index contributed by atoms with van der Waals surface area (Å²) in [6.45, 7) is 1.89. The minimum absolute atomic E-state index is 0.155. The van der Waals surface area contributed by atoms with E-state index in [0.717, 1.165) is 10.5 Å². The second-order valence-electron chi connectivity index (χ2n) is 5.71. The lowest BCUT2D eigenvalue weighted by Crippen LogP contribution is -2.44. The summed E-state index contributed by atoms with van der Waals surface area (Å²) in [5.41, 5.74) is 2.26. The molecule has 0 radical (unpaired) electrons. The number of nitrogens with zero attached hydrogens (tertiary/aromatic N) is 1. The minimum atomic E-state index is -0.746. The van der Waals surface area contributed by atoms with Crippen LogP contribution in [0.3, 0.4) is 0 Å². The average Bonchev–Trinajstić information content (AvgIpc) is 2.94. The summed E-state index contributed by atoms with van der Waals surface area (Å²) in [7, 11) is 0. The van der Waals surface area contributed by atoms with Crippen LogP contribution in [0.2, 0.25) is 0 Å². The number of hydrogen-bond acceptors (Lipinski definition) is 3. The van der Waals surface area contributed by atoms with Gasteiger partial charge in [0.2, 0.25) is 0 Å². The number of imide groups is 1. The zero-order chi connectivity index (χ0) is 15.4. The van der Waals surface area contributed by atoms with E-state index in [-0.39, 0.29) is 23.5 Å². The zero-order valence-corrected chi connectivity index (χ0v) is 11.9. The van der Waals surface area contributed by atoms with Crippen LogP contribution in [-0.4, -0.2) is 28.5 Å². The molecule has 1 aliphatic carbocycles. The highest BCUT2D eigenvalue weighted by Crippen LogP contribution is 2.39. The van der Waals surface area contributed by atoms with E-state index in [1.54, 1.807) is 36.4 Å². The second-order valence-corrected chi connectivity index (χ2v) is 5.71. The first-order valence-corrected chi connectivity index (χ1v) is 7.21. The lowest BCUT2D eigenvalue weighted by molar-refractivity contribution is 0.0533. The van der Waals surface area contributed by atoms with Gasteiger partial charge in [-0.3, -0.25) is 19.3 Å². The summed E-state index contributed by atoms with van der Waals surface area (Å²) in [5.74, 6) is -1.10. The number of benzene rings is 2. The highest BCUT2D eigenvalue weighted by atomic mass is 16.2. The SMILES string of the molecule is C[C@@H]1c2ccccc2C(=O)[C@H]1N1C(=O)c2ccccc2C1=O. The molecule has 2 amide bonds. The molecule has 0 bridgehead atoms. The Labute approximate surface area is 127 Å². The highest BCUT2D eigenvalue weighted by Gasteiger charge is 2.48. The highest BCUT2D eigenvalue weighted by molar-refractivity contribution is 6.24. The molecule has 4 heteroatoms. The van der Waals surface area contributed by atoms with Crippen molar-refractivity contribution in [1.29, 1.82) is 0 Å². The van der Waals surface area contributed by atoms with Crippen LogP contribution in [0.1, 0.15) is 49.5 Å². The number of hydrogen-bond donors (Lipinski definition) is 0. The molecule has 0 unspecified atom stereocenters. The van der Waals surface area contributed by atoms with E-state index in [1.165, 1.54) is 0 Å². The van der Waals surface area contributed by atoms with Crippen LogP contribution in [0.5, 0.6) is 0 Å². The van der Waals surface area contributed by atoms with Gasteiger partial charge in [0.1, 0.15) is 6.04 Å². The van der Waals surface area contributed by atoms with Gasteiger partial charge in [-0.05, 0) is 17.7 Å². The molecule has 0 spiro atoms. The average molecular weight is 291 g/mol. The molecule has 4 rings (SSSR count). The first kappa shape index (κ1) is 13.0. The third-order valence-corrected chi connectivity index (χ3v) is 4.56. The molecular formula is C18H13NO3. The summed E-state index contributed by atoms with van der Waals surface area (Å²) in [6.07, 6.45) is 0. The smallest absolute Gasteiger partial charge is 0.262 e. The van der Waals surface area contributed by atoms with E-state index in [1.807, 2.05) is 19.1 Å². The Morgan fingerprint density at radius 1 is 0.773 bits per heavy atom. The number of amides is 2. The quantitative estimate of drug-likeness (QED) is 0.759. The molecule has 0 fully saturated rings. The Balaban J connectivity index is 1.81. The third kappa shape index (κ3) is 1.49. The molecule has 2 aromatic rings. The van der Waals surface area contributed by atoms with Crippen molar-refractivity contribution < 1.29 is 14.4 Å². The summed E-state index contributed by atoms with van der Waals surface area (Å²) < 4.78 is 0. The predicted octanol–water partition coefficient (Wildman–Crippen LogP) is 2.65. The topological polar surface area (TPSA) is 54.5 Å². The van der Waals surface area contributed by atoms with E-state index < -0.39 is 6.04 Å². The monoisotopic (exact) mass is 291 g/mol. The lowest BCUT2D eigenvalue weighted by atomic mass is 9.99. The fourth-order valence-electron chi connectivity index (χ4n) is 3.48. The third-order valence-electron chi connectivity index (χ3n) is 4.56. The summed E-state index contributed by atoms with van der Waals surface area (Å²) in [4.78, 5) is 39.0. The molecule has 1 aliphatic heterocycles. The van der Waals surface area contributed by atoms with Crippen molar-refractivity contribution in [1.82, 2.24) is 4.90 Å². The zero-order valence-electron chi connectivity index (χ0n) is 11.9. The molecule has 22 heavy (non-hydrogen) atoms. The maximum atomic E-state index is 12.7. The maximum Gasteiger partial charge on any atom is 0.262 e. The Morgan fingerprint density at radius 2 is 1.27 bits per heavy atom. The van der Waals surface area contributed by atoms with Crippen molar-refractivity contribution in [2.45, 2.75) is 18.9 Å². The van der Waals surface area contributed by atoms with Crippen molar-refractivity contribution >= 4 is 17.6 Å². The summed E-state index contributed by atoms with van der Waals surface area (Å²) in [6, 6.07) is 13.3. The molecular weight excluding hydrogens is 278 g/mol. The summed E-state index contributed by atoms with van der Waals surface area (Å²) in [5, 5.41) is 0. The lowest BCUT2D eigenvalue weighted by Gasteiger charge is -2.24. The van der Waals surface area contributed by atoms with E-state index in [2.05, 4.69) is 0 Å². The molecule has 0 saturated heterocycles. The maximum absolute atomic E-state index is 12.7. The number of rotatable bonds is 1. The van der Waals surface area contributed by atoms with Crippen molar-refractivity contribution in [3.05, 3.63) is 70.8 Å². The molecule has 2 atom stereocenters. The molecule has 1 heterocycles. The van der Waals surface area contributed by atoms with Crippen LogP contribution in [-0.2, 0) is 0 Å². The van der Waals surface area contributed by atoms with E-state index in [4.69, 9.17) is 0 Å². The first-order chi connectivity index (χ1) is 10.6. The summed E-state index contributed by atoms with van der Waals surface area (Å²) >= 11 is 0. The number of ketones is 1. The largest absolute Gasteiger partial charge is 0.292 e. The van der Waals surface area contributed by atoms with Crippen molar-refractivity contribution in [3.63, 3.8) is 0 Å². The van der Waals surface area contributed by atoms with Gasteiger partial charge in [0.05, 0.1) is 11.1 Å². The van der Waals surface area contributed by atoms with Gasteiger partial charge in [0, 0.05) is 11.5 Å². The van der Waals surface area contributed by atoms with Gasteiger partial charge >= 0.3 is 0 Å². The Kier molecular flexibility index (Phi) is 2.57. The Hall–Kier alpha value is -2.75. The van der Waals surface area contributed by atoms with Gasteiger partial charge in [-0.25, -0.2) is 0 Å². The predicted molar refractivity (Wildman–Crippen MR) is 79.9 cm³/mol. The number of fused-ring (bicyclic) bond motifs is 2. The normalized spacial score (nSPS) is 23.0. The fourth-order valence-corrected chi connectivity index (χ4v) is 3.48. The van der Waals surface area contributed by atoms with Crippen molar-refractivity contribution in [2.75, 3.05) is 0 Å². The second kappa shape index (κ2) is 4.37. The Morgan fingerprint density at radius 3 is 1.82 bits per heavy atom. The van der Waals surface area contributed by atoms with E-state index >= 15 is 0 Å². The van der Waals surface area contributed by atoms with Gasteiger partial charge in [0.15, 0.2) is 5.78 Å². The molecule has 2 aliphatic rings. The van der Waals surface area contributed by atoms with Crippen LogP contribution >= 0.6 is 0 Å². The van der Waals surface area contributed by atoms with Crippen LogP contribution < -0.4 is 0 Å².